The Labute approximate surface area is 331 Å². The van der Waals surface area contributed by atoms with E-state index in [1.807, 2.05) is 30.4 Å². The Hall–Kier alpha value is 0.420. The Balaban J connectivity index is 1.68. The van der Waals surface area contributed by atoms with Crippen molar-refractivity contribution in [3.8, 4) is 11.5 Å². The van der Waals surface area contributed by atoms with Crippen LogP contribution in [0.3, 0.4) is 0 Å². The van der Waals surface area contributed by atoms with E-state index < -0.39 is 4.92 Å². The van der Waals surface area contributed by atoms with Gasteiger partial charge < -0.3 is 9.47 Å². The first-order chi connectivity index (χ1) is 20.3. The Bertz CT molecular complexity index is 1700. The minimum atomic E-state index is -0.419. The number of nitro benzene ring substituents is 1. The molecule has 5 nitrogen and oxygen atoms in total. The normalized spacial score (nSPS) is 11.3. The van der Waals surface area contributed by atoms with Crippen molar-refractivity contribution in [1.29, 1.82) is 0 Å². The maximum Gasteiger partial charge on any atom is 0.269 e. The highest BCUT2D eigenvalue weighted by molar-refractivity contribution is 9.16. The summed E-state index contributed by atoms with van der Waals surface area (Å²) in [5.74, 6) is 1.08. The zero-order chi connectivity index (χ0) is 31.6. The third-order valence-corrected chi connectivity index (χ3v) is 18.4. The van der Waals surface area contributed by atoms with E-state index in [0.29, 0.717) is 11.5 Å². The molecule has 4 rings (SSSR count). The Morgan fingerprint density at radius 2 is 0.907 bits per heavy atom. The van der Waals surface area contributed by atoms with Crippen LogP contribution in [0.4, 0.5) is 5.69 Å². The summed E-state index contributed by atoms with van der Waals surface area (Å²) in [6.07, 6.45) is 3.79. The summed E-state index contributed by atoms with van der Waals surface area (Å²) in [4.78, 5) is 10.6. The average Bonchev–Trinajstić information content (AvgIpc) is 3.00. The highest BCUT2D eigenvalue weighted by Crippen LogP contribution is 2.46. The van der Waals surface area contributed by atoms with E-state index >= 15 is 0 Å². The quantitative estimate of drug-likeness (QED) is 0.0551. The van der Waals surface area contributed by atoms with Gasteiger partial charge >= 0.3 is 0 Å². The summed E-state index contributed by atoms with van der Waals surface area (Å²) in [6, 6.07) is 12.0. The standard InChI is InChI=1S/C28H13Br10NO4/c29-19-15(20(30)24(34)27(37)23(19)33)10-42-17-8-5-13(2-1-12-3-6-14(7-4-12)39(40)41)9-18(17)43-11-16-21(31)25(35)28(38)26(36)22(16)32/h1-9H,10-11H2/b2-1+. The van der Waals surface area contributed by atoms with Crippen LogP contribution >= 0.6 is 159 Å². The number of nitrogens with zero attached hydrogens (tertiary/aromatic N) is 1. The fourth-order valence-corrected chi connectivity index (χ4v) is 10.3. The van der Waals surface area contributed by atoms with Crippen LogP contribution < -0.4 is 9.47 Å². The second-order valence-electron chi connectivity index (χ2n) is 8.56. The van der Waals surface area contributed by atoms with E-state index in [1.54, 1.807) is 12.1 Å². The van der Waals surface area contributed by atoms with Crippen molar-refractivity contribution in [3.63, 3.8) is 0 Å². The van der Waals surface area contributed by atoms with Gasteiger partial charge in [-0.05, 0) is 195 Å². The van der Waals surface area contributed by atoms with E-state index in [4.69, 9.17) is 9.47 Å². The van der Waals surface area contributed by atoms with E-state index in [-0.39, 0.29) is 18.9 Å². The van der Waals surface area contributed by atoms with Gasteiger partial charge in [0.2, 0.25) is 0 Å². The molecule has 0 saturated heterocycles. The molecule has 0 aliphatic rings. The lowest BCUT2D eigenvalue weighted by Gasteiger charge is -2.18. The first kappa shape index (κ1) is 36.3. The van der Waals surface area contributed by atoms with Crippen molar-refractivity contribution in [2.24, 2.45) is 0 Å². The summed E-state index contributed by atoms with van der Waals surface area (Å²) in [5.41, 5.74) is 3.49. The van der Waals surface area contributed by atoms with Gasteiger partial charge in [0.25, 0.3) is 5.69 Å². The lowest BCUT2D eigenvalue weighted by atomic mass is 10.1. The number of rotatable bonds is 9. The van der Waals surface area contributed by atoms with E-state index in [0.717, 1.165) is 67.0 Å². The van der Waals surface area contributed by atoms with Crippen molar-refractivity contribution in [3.05, 3.63) is 120 Å². The second kappa shape index (κ2) is 16.0. The van der Waals surface area contributed by atoms with Gasteiger partial charge in [-0.15, -0.1) is 0 Å². The molecule has 0 aliphatic heterocycles. The Kier molecular flexibility index (Phi) is 13.5. The molecule has 0 spiro atoms. The molecule has 0 amide bonds. The Morgan fingerprint density at radius 1 is 0.535 bits per heavy atom. The van der Waals surface area contributed by atoms with Crippen molar-refractivity contribution in [2.75, 3.05) is 0 Å². The summed E-state index contributed by atoms with van der Waals surface area (Å²) < 4.78 is 21.2. The monoisotopic (exact) mass is 1220 g/mol. The summed E-state index contributed by atoms with van der Waals surface area (Å²) in [7, 11) is 0. The SMILES string of the molecule is O=[N+]([O-])c1ccc(/C=C/c2ccc(OCc3c(Br)c(Br)c(Br)c(Br)c3Br)c(OCc3c(Br)c(Br)c(Br)c(Br)c3Br)c2)cc1. The fraction of sp³-hybridized carbons (Fsp3) is 0.0714. The molecule has 15 heteroatoms. The zero-order valence-corrected chi connectivity index (χ0v) is 36.8. The van der Waals surface area contributed by atoms with Gasteiger partial charge in [0.05, 0.1) is 4.92 Å². The first-order valence-corrected chi connectivity index (χ1v) is 19.6. The van der Waals surface area contributed by atoms with Crippen LogP contribution in [-0.4, -0.2) is 4.92 Å². The van der Waals surface area contributed by atoms with Crippen LogP contribution in [0.1, 0.15) is 22.3 Å². The molecule has 0 atom stereocenters. The third-order valence-electron chi connectivity index (χ3n) is 5.89. The molecule has 0 radical (unpaired) electrons. The van der Waals surface area contributed by atoms with E-state index in [9.17, 15) is 10.1 Å². The van der Waals surface area contributed by atoms with Crippen molar-refractivity contribution in [2.45, 2.75) is 13.2 Å². The molecule has 0 unspecified atom stereocenters. The molecule has 0 aliphatic carbocycles. The Morgan fingerprint density at radius 3 is 1.35 bits per heavy atom. The second-order valence-corrected chi connectivity index (χ2v) is 16.5. The van der Waals surface area contributed by atoms with Gasteiger partial charge in [0, 0.05) is 68.0 Å². The summed E-state index contributed by atoms with van der Waals surface area (Å²) >= 11 is 36.3. The highest BCUT2D eigenvalue weighted by Gasteiger charge is 2.21. The number of benzene rings is 4. The molecule has 0 fully saturated rings. The zero-order valence-electron chi connectivity index (χ0n) is 21.0. The topological polar surface area (TPSA) is 61.6 Å². The fourth-order valence-electron chi connectivity index (χ4n) is 3.61. The average molecular weight is 1230 g/mol. The van der Waals surface area contributed by atoms with Gasteiger partial charge in [-0.2, -0.15) is 0 Å². The van der Waals surface area contributed by atoms with Gasteiger partial charge in [0.1, 0.15) is 13.2 Å². The lowest BCUT2D eigenvalue weighted by Crippen LogP contribution is -2.04. The van der Waals surface area contributed by atoms with Crippen LogP contribution in [0.15, 0.2) is 87.2 Å². The molecular formula is C28H13Br10NO4. The largest absolute Gasteiger partial charge is 0.485 e. The summed E-state index contributed by atoms with van der Waals surface area (Å²) in [5, 5.41) is 11.0. The van der Waals surface area contributed by atoms with Gasteiger partial charge in [-0.3, -0.25) is 10.1 Å². The molecular weight excluding hydrogens is 1210 g/mol. The van der Waals surface area contributed by atoms with Crippen LogP contribution in [0, 0.1) is 10.1 Å². The van der Waals surface area contributed by atoms with E-state index in [2.05, 4.69) is 159 Å². The molecule has 0 heterocycles. The predicted molar refractivity (Wildman–Crippen MR) is 207 cm³/mol. The number of non-ortho nitro benzene ring substituents is 1. The molecule has 4 aromatic rings. The van der Waals surface area contributed by atoms with Crippen molar-refractivity contribution >= 4 is 177 Å². The number of nitro groups is 1. The summed E-state index contributed by atoms with van der Waals surface area (Å²) in [6.45, 7) is 0.461. The van der Waals surface area contributed by atoms with E-state index in [1.165, 1.54) is 12.1 Å². The van der Waals surface area contributed by atoms with Gasteiger partial charge in [0.15, 0.2) is 11.5 Å². The molecule has 224 valence electrons. The lowest BCUT2D eigenvalue weighted by molar-refractivity contribution is -0.384. The molecule has 0 saturated carbocycles. The predicted octanol–water partition coefficient (Wildman–Crippen LogP) is 14.5. The first-order valence-electron chi connectivity index (χ1n) is 11.6. The van der Waals surface area contributed by atoms with Crippen LogP contribution in [0.2, 0.25) is 0 Å². The molecule has 0 bridgehead atoms. The molecule has 0 aromatic heterocycles. The number of ether oxygens (including phenoxy) is 2. The van der Waals surface area contributed by atoms with Gasteiger partial charge in [-0.25, -0.2) is 0 Å². The van der Waals surface area contributed by atoms with Crippen LogP contribution in [0.5, 0.6) is 11.5 Å². The maximum absolute atomic E-state index is 11.0. The number of halogens is 10. The number of hydrogen-bond donors (Lipinski definition) is 0. The highest BCUT2D eigenvalue weighted by atomic mass is 79.9. The molecule has 43 heavy (non-hydrogen) atoms. The third kappa shape index (κ3) is 8.48. The van der Waals surface area contributed by atoms with Crippen molar-refractivity contribution < 1.29 is 14.4 Å². The van der Waals surface area contributed by atoms with Crippen LogP contribution in [0.25, 0.3) is 12.2 Å². The minimum absolute atomic E-state index is 0.0426. The minimum Gasteiger partial charge on any atom is -0.485 e. The number of hydrogen-bond acceptors (Lipinski definition) is 4. The smallest absolute Gasteiger partial charge is 0.269 e. The molecule has 4 aromatic carbocycles. The maximum atomic E-state index is 11.0. The molecule has 0 N–H and O–H groups in total. The van der Waals surface area contributed by atoms with Gasteiger partial charge in [-0.1, -0.05) is 18.2 Å². The van der Waals surface area contributed by atoms with Crippen LogP contribution in [-0.2, 0) is 13.2 Å². The van der Waals surface area contributed by atoms with Crippen molar-refractivity contribution in [1.82, 2.24) is 0 Å².